The van der Waals surface area contributed by atoms with E-state index < -0.39 is 0 Å². The number of aromatic nitrogens is 2. The maximum absolute atomic E-state index is 5.93. The van der Waals surface area contributed by atoms with Crippen molar-refractivity contribution in [2.45, 2.75) is 52.2 Å². The number of hydrogen-bond donors (Lipinski definition) is 1. The summed E-state index contributed by atoms with van der Waals surface area (Å²) in [5.74, 6) is 2.22. The van der Waals surface area contributed by atoms with Crippen LogP contribution in [0.3, 0.4) is 0 Å². The van der Waals surface area contributed by atoms with Gasteiger partial charge in [-0.3, -0.25) is 0 Å². The number of ether oxygens (including phenoxy) is 1. The summed E-state index contributed by atoms with van der Waals surface area (Å²) in [7, 11) is 0. The number of rotatable bonds is 1. The summed E-state index contributed by atoms with van der Waals surface area (Å²) in [5.41, 5.74) is 5.83. The molecule has 1 aliphatic rings. The quantitative estimate of drug-likeness (QED) is 0.840. The van der Waals surface area contributed by atoms with Gasteiger partial charge in [-0.05, 0) is 13.8 Å². The molecule has 5 nitrogen and oxygen atoms in total. The van der Waals surface area contributed by atoms with E-state index in [2.05, 4.69) is 44.5 Å². The number of morpholine rings is 1. The molecule has 1 fully saturated rings. The molecule has 0 bridgehead atoms. The molecule has 0 aliphatic carbocycles. The maximum Gasteiger partial charge on any atom is 0.138 e. The Morgan fingerprint density at radius 3 is 2.63 bits per heavy atom. The molecule has 1 saturated heterocycles. The van der Waals surface area contributed by atoms with Gasteiger partial charge < -0.3 is 15.4 Å². The highest BCUT2D eigenvalue weighted by Crippen LogP contribution is 2.25. The average molecular weight is 264 g/mol. The van der Waals surface area contributed by atoms with Gasteiger partial charge >= 0.3 is 0 Å². The summed E-state index contributed by atoms with van der Waals surface area (Å²) in [6.45, 7) is 12.1. The van der Waals surface area contributed by atoms with Crippen LogP contribution in [0.5, 0.6) is 0 Å². The zero-order chi connectivity index (χ0) is 14.2. The fourth-order valence-electron chi connectivity index (χ4n) is 2.16. The van der Waals surface area contributed by atoms with Crippen LogP contribution < -0.4 is 10.6 Å². The van der Waals surface area contributed by atoms with Crippen LogP contribution in [0.25, 0.3) is 0 Å². The van der Waals surface area contributed by atoms with E-state index >= 15 is 0 Å². The van der Waals surface area contributed by atoms with Crippen molar-refractivity contribution in [3.63, 3.8) is 0 Å². The van der Waals surface area contributed by atoms with E-state index in [1.807, 2.05) is 6.07 Å². The van der Waals surface area contributed by atoms with Crippen LogP contribution in [-0.4, -0.2) is 35.3 Å². The SMILES string of the molecule is CC1CN(c2cc(N)nc(C(C)(C)C)n2)C(C)CO1. The largest absolute Gasteiger partial charge is 0.384 e. The minimum atomic E-state index is -0.106. The van der Waals surface area contributed by atoms with Gasteiger partial charge in [-0.1, -0.05) is 20.8 Å². The van der Waals surface area contributed by atoms with Crippen molar-refractivity contribution in [1.82, 2.24) is 9.97 Å². The molecule has 0 spiro atoms. The Morgan fingerprint density at radius 1 is 1.32 bits per heavy atom. The van der Waals surface area contributed by atoms with Gasteiger partial charge in [0.15, 0.2) is 0 Å². The Morgan fingerprint density at radius 2 is 2.00 bits per heavy atom. The lowest BCUT2D eigenvalue weighted by Gasteiger charge is -2.38. The highest BCUT2D eigenvalue weighted by Gasteiger charge is 2.27. The second-order valence-electron chi connectivity index (χ2n) is 6.37. The van der Waals surface area contributed by atoms with E-state index in [4.69, 9.17) is 15.5 Å². The van der Waals surface area contributed by atoms with E-state index in [0.717, 1.165) is 24.8 Å². The van der Waals surface area contributed by atoms with Crippen molar-refractivity contribution in [2.24, 2.45) is 0 Å². The van der Waals surface area contributed by atoms with Gasteiger partial charge in [0.25, 0.3) is 0 Å². The molecule has 106 valence electrons. The first-order valence-electron chi connectivity index (χ1n) is 6.80. The molecule has 2 rings (SSSR count). The van der Waals surface area contributed by atoms with Gasteiger partial charge in [-0.2, -0.15) is 0 Å². The van der Waals surface area contributed by atoms with E-state index in [0.29, 0.717) is 11.9 Å². The van der Waals surface area contributed by atoms with Gasteiger partial charge in [0.2, 0.25) is 0 Å². The monoisotopic (exact) mass is 264 g/mol. The van der Waals surface area contributed by atoms with Gasteiger partial charge in [-0.25, -0.2) is 9.97 Å². The van der Waals surface area contributed by atoms with Crippen molar-refractivity contribution in [3.05, 3.63) is 11.9 Å². The number of hydrogen-bond acceptors (Lipinski definition) is 5. The molecule has 2 atom stereocenters. The zero-order valence-electron chi connectivity index (χ0n) is 12.5. The lowest BCUT2D eigenvalue weighted by molar-refractivity contribution is 0.0340. The minimum Gasteiger partial charge on any atom is -0.384 e. The summed E-state index contributed by atoms with van der Waals surface area (Å²) < 4.78 is 5.65. The zero-order valence-corrected chi connectivity index (χ0v) is 12.5. The smallest absolute Gasteiger partial charge is 0.138 e. The molecule has 1 aliphatic heterocycles. The molecular weight excluding hydrogens is 240 g/mol. The van der Waals surface area contributed by atoms with Gasteiger partial charge in [-0.15, -0.1) is 0 Å². The fraction of sp³-hybridized carbons (Fsp3) is 0.714. The molecule has 5 heteroatoms. The third-order valence-electron chi connectivity index (χ3n) is 3.31. The first-order chi connectivity index (χ1) is 8.77. The molecule has 2 unspecified atom stereocenters. The first kappa shape index (κ1) is 14.1. The summed E-state index contributed by atoms with van der Waals surface area (Å²) in [6.07, 6.45) is 0.213. The topological polar surface area (TPSA) is 64.3 Å². The number of anilines is 2. The van der Waals surface area contributed by atoms with Gasteiger partial charge in [0, 0.05) is 18.0 Å². The Bertz CT molecular complexity index is 455. The Hall–Kier alpha value is -1.36. The van der Waals surface area contributed by atoms with Crippen LogP contribution in [0.1, 0.15) is 40.4 Å². The molecule has 0 radical (unpaired) electrons. The van der Waals surface area contributed by atoms with Crippen molar-refractivity contribution >= 4 is 11.6 Å². The summed E-state index contributed by atoms with van der Waals surface area (Å²) >= 11 is 0. The van der Waals surface area contributed by atoms with E-state index in [9.17, 15) is 0 Å². The van der Waals surface area contributed by atoms with Crippen molar-refractivity contribution in [1.29, 1.82) is 0 Å². The van der Waals surface area contributed by atoms with Gasteiger partial charge in [0.1, 0.15) is 17.5 Å². The molecule has 0 amide bonds. The van der Waals surface area contributed by atoms with Crippen LogP contribution in [-0.2, 0) is 10.2 Å². The van der Waals surface area contributed by atoms with Crippen LogP contribution in [0, 0.1) is 0 Å². The second-order valence-corrected chi connectivity index (χ2v) is 6.37. The predicted molar refractivity (Wildman–Crippen MR) is 77.4 cm³/mol. The van der Waals surface area contributed by atoms with Gasteiger partial charge in [0.05, 0.1) is 18.8 Å². The molecule has 0 aromatic carbocycles. The number of nitrogens with zero attached hydrogens (tertiary/aromatic N) is 3. The predicted octanol–water partition coefficient (Wildman–Crippen LogP) is 1.97. The normalized spacial score (nSPS) is 24.6. The molecule has 1 aromatic heterocycles. The number of nitrogens with two attached hydrogens (primary N) is 1. The lowest BCUT2D eigenvalue weighted by Crippen LogP contribution is -2.48. The van der Waals surface area contributed by atoms with Crippen molar-refractivity contribution in [2.75, 3.05) is 23.8 Å². The van der Waals surface area contributed by atoms with Crippen molar-refractivity contribution < 1.29 is 4.74 Å². The van der Waals surface area contributed by atoms with E-state index in [1.54, 1.807) is 0 Å². The third kappa shape index (κ3) is 3.15. The first-order valence-corrected chi connectivity index (χ1v) is 6.80. The molecule has 0 saturated carbocycles. The Kier molecular flexibility index (Phi) is 3.67. The van der Waals surface area contributed by atoms with Crippen LogP contribution in [0.2, 0.25) is 0 Å². The van der Waals surface area contributed by atoms with E-state index in [-0.39, 0.29) is 11.5 Å². The highest BCUT2D eigenvalue weighted by molar-refractivity contribution is 5.48. The second kappa shape index (κ2) is 4.96. The molecule has 2 N–H and O–H groups in total. The minimum absolute atomic E-state index is 0.106. The standard InChI is InChI=1S/C14H24N4O/c1-9-8-19-10(2)7-18(9)12-6-11(15)16-13(17-12)14(3,4)5/h6,9-10H,7-8H2,1-5H3,(H2,15,16,17). The summed E-state index contributed by atoms with van der Waals surface area (Å²) in [4.78, 5) is 11.3. The lowest BCUT2D eigenvalue weighted by atomic mass is 9.95. The fourth-order valence-corrected chi connectivity index (χ4v) is 2.16. The van der Waals surface area contributed by atoms with Crippen LogP contribution >= 0.6 is 0 Å². The molecular formula is C14H24N4O. The van der Waals surface area contributed by atoms with E-state index in [1.165, 1.54) is 0 Å². The number of nitrogen functional groups attached to an aromatic ring is 1. The Labute approximate surface area is 115 Å². The maximum atomic E-state index is 5.93. The molecule has 2 heterocycles. The summed E-state index contributed by atoms with van der Waals surface area (Å²) in [6, 6.07) is 2.15. The average Bonchev–Trinajstić information content (AvgIpc) is 2.30. The molecule has 1 aromatic rings. The Balaban J connectivity index is 2.36. The van der Waals surface area contributed by atoms with Crippen LogP contribution in [0.4, 0.5) is 11.6 Å². The third-order valence-corrected chi connectivity index (χ3v) is 3.31. The highest BCUT2D eigenvalue weighted by atomic mass is 16.5. The molecule has 19 heavy (non-hydrogen) atoms. The summed E-state index contributed by atoms with van der Waals surface area (Å²) in [5, 5.41) is 0. The van der Waals surface area contributed by atoms with Crippen molar-refractivity contribution in [3.8, 4) is 0 Å². The van der Waals surface area contributed by atoms with Crippen LogP contribution in [0.15, 0.2) is 6.07 Å².